The number of ketones is 1. The van der Waals surface area contributed by atoms with Crippen molar-refractivity contribution in [1.82, 2.24) is 10.6 Å². The molecule has 1 aliphatic heterocycles. The number of carbonyl (C=O) groups excluding carboxylic acids is 2. The van der Waals surface area contributed by atoms with Crippen molar-refractivity contribution in [2.75, 3.05) is 6.54 Å². The molecule has 0 spiro atoms. The number of nitrogens with one attached hydrogen (secondary N) is 2. The molecule has 2 aromatic rings. The van der Waals surface area contributed by atoms with E-state index in [1.165, 1.54) is 24.3 Å². The number of halogens is 3. The molecule has 2 aromatic carbocycles. The van der Waals surface area contributed by atoms with Gasteiger partial charge in [-0.1, -0.05) is 23.7 Å². The molecule has 4 rings (SSSR count). The normalized spacial score (nSPS) is 21.7. The first-order valence-corrected chi connectivity index (χ1v) is 9.10. The lowest BCUT2D eigenvalue weighted by Crippen LogP contribution is -2.36. The summed E-state index contributed by atoms with van der Waals surface area (Å²) in [6.07, 6.45) is 0.854. The van der Waals surface area contributed by atoms with Crippen LogP contribution in [0.4, 0.5) is 13.6 Å². The molecule has 140 valence electrons. The van der Waals surface area contributed by atoms with Gasteiger partial charge in [-0.25, -0.2) is 13.6 Å². The predicted octanol–water partition coefficient (Wildman–Crippen LogP) is 3.68. The number of Topliss-reactive ketones (excluding diaryl/α,β-unsaturated/α-hetero) is 1. The maximum atomic E-state index is 13.7. The van der Waals surface area contributed by atoms with Gasteiger partial charge in [0.25, 0.3) is 0 Å². The molecular weight excluding hydrogens is 374 g/mol. The largest absolute Gasteiger partial charge is 0.336 e. The zero-order valence-corrected chi connectivity index (χ0v) is 15.0. The fourth-order valence-corrected chi connectivity index (χ4v) is 4.10. The lowest BCUT2D eigenvalue weighted by molar-refractivity contribution is -0.120. The van der Waals surface area contributed by atoms with Gasteiger partial charge in [-0.3, -0.25) is 4.79 Å². The van der Waals surface area contributed by atoms with Gasteiger partial charge in [0, 0.05) is 13.0 Å². The Morgan fingerprint density at radius 2 is 2.04 bits per heavy atom. The van der Waals surface area contributed by atoms with Gasteiger partial charge in [0.15, 0.2) is 5.78 Å². The van der Waals surface area contributed by atoms with E-state index in [1.54, 1.807) is 12.1 Å². The molecule has 3 atom stereocenters. The summed E-state index contributed by atoms with van der Waals surface area (Å²) in [6.45, 7) is 0.241. The van der Waals surface area contributed by atoms with Gasteiger partial charge < -0.3 is 10.6 Å². The van der Waals surface area contributed by atoms with E-state index in [0.717, 1.165) is 16.7 Å². The van der Waals surface area contributed by atoms with Crippen LogP contribution >= 0.6 is 11.6 Å². The number of hydrogen-bond donors (Lipinski definition) is 2. The Bertz CT molecular complexity index is 934. The Morgan fingerprint density at radius 1 is 1.22 bits per heavy atom. The maximum Gasteiger partial charge on any atom is 0.315 e. The zero-order chi connectivity index (χ0) is 19.1. The van der Waals surface area contributed by atoms with Gasteiger partial charge in [0.05, 0.1) is 5.02 Å². The van der Waals surface area contributed by atoms with E-state index in [9.17, 15) is 18.4 Å². The van der Waals surface area contributed by atoms with Crippen LogP contribution in [0.5, 0.6) is 0 Å². The fourth-order valence-electron chi connectivity index (χ4n) is 3.92. The average Bonchev–Trinajstić information content (AvgIpc) is 3.06. The van der Waals surface area contributed by atoms with Crippen LogP contribution in [0.2, 0.25) is 5.02 Å². The molecule has 2 aliphatic rings. The number of fused-ring (bicyclic) bond motifs is 1. The number of benzene rings is 2. The Labute approximate surface area is 159 Å². The first kappa shape index (κ1) is 17.9. The molecule has 1 aliphatic carbocycles. The van der Waals surface area contributed by atoms with E-state index >= 15 is 0 Å². The van der Waals surface area contributed by atoms with Crippen LogP contribution in [0.25, 0.3) is 0 Å². The second-order valence-electron chi connectivity index (χ2n) is 7.01. The van der Waals surface area contributed by atoms with Crippen molar-refractivity contribution in [3.63, 3.8) is 0 Å². The number of carbonyl (C=O) groups is 2. The highest BCUT2D eigenvalue weighted by Crippen LogP contribution is 2.47. The minimum Gasteiger partial charge on any atom is -0.336 e. The molecular formula is C20H17ClF2N2O2. The SMILES string of the molecule is O=C1NC[C@@H](C(=O)CC(c2ccc(F)c(Cl)c2)C2Cc3ccc(F)cc32)N1. The van der Waals surface area contributed by atoms with Gasteiger partial charge in [0.2, 0.25) is 0 Å². The topological polar surface area (TPSA) is 58.2 Å². The maximum absolute atomic E-state index is 13.7. The molecule has 27 heavy (non-hydrogen) atoms. The molecule has 0 radical (unpaired) electrons. The summed E-state index contributed by atoms with van der Waals surface area (Å²) in [7, 11) is 0. The Morgan fingerprint density at radius 3 is 2.74 bits per heavy atom. The molecule has 0 bridgehead atoms. The van der Waals surface area contributed by atoms with Crippen molar-refractivity contribution in [3.8, 4) is 0 Å². The van der Waals surface area contributed by atoms with Crippen LogP contribution in [-0.4, -0.2) is 24.4 Å². The van der Waals surface area contributed by atoms with E-state index in [2.05, 4.69) is 10.6 Å². The van der Waals surface area contributed by atoms with Crippen LogP contribution in [0.15, 0.2) is 36.4 Å². The predicted molar refractivity (Wildman–Crippen MR) is 96.9 cm³/mol. The van der Waals surface area contributed by atoms with Crippen LogP contribution < -0.4 is 10.6 Å². The van der Waals surface area contributed by atoms with E-state index in [1.807, 2.05) is 0 Å². The zero-order valence-electron chi connectivity index (χ0n) is 14.3. The Hall–Kier alpha value is -2.47. The summed E-state index contributed by atoms with van der Waals surface area (Å²) >= 11 is 5.95. The molecule has 1 heterocycles. The molecule has 4 nitrogen and oxygen atoms in total. The number of rotatable bonds is 5. The first-order chi connectivity index (χ1) is 12.9. The quantitative estimate of drug-likeness (QED) is 0.818. The third kappa shape index (κ3) is 3.41. The lowest BCUT2D eigenvalue weighted by atomic mass is 9.67. The Balaban J connectivity index is 1.64. The third-order valence-corrected chi connectivity index (χ3v) is 5.68. The molecule has 1 fully saturated rings. The summed E-state index contributed by atoms with van der Waals surface area (Å²) < 4.78 is 27.3. The van der Waals surface area contributed by atoms with Crippen LogP contribution in [-0.2, 0) is 11.2 Å². The minimum atomic E-state index is -0.594. The summed E-state index contributed by atoms with van der Waals surface area (Å²) in [4.78, 5) is 24.0. The average molecular weight is 391 g/mol. The highest BCUT2D eigenvalue weighted by molar-refractivity contribution is 6.30. The van der Waals surface area contributed by atoms with Gasteiger partial charge in [-0.05, 0) is 59.2 Å². The second kappa shape index (κ2) is 6.93. The van der Waals surface area contributed by atoms with E-state index < -0.39 is 11.9 Å². The van der Waals surface area contributed by atoms with Crippen molar-refractivity contribution in [3.05, 3.63) is 69.7 Å². The van der Waals surface area contributed by atoms with Gasteiger partial charge in [0.1, 0.15) is 17.7 Å². The second-order valence-corrected chi connectivity index (χ2v) is 7.42. The van der Waals surface area contributed by atoms with E-state index in [-0.39, 0.29) is 47.5 Å². The van der Waals surface area contributed by atoms with Crippen molar-refractivity contribution in [2.45, 2.75) is 30.7 Å². The van der Waals surface area contributed by atoms with Gasteiger partial charge >= 0.3 is 6.03 Å². The lowest BCUT2D eigenvalue weighted by Gasteiger charge is -2.37. The van der Waals surface area contributed by atoms with Gasteiger partial charge in [-0.15, -0.1) is 0 Å². The molecule has 2 unspecified atom stereocenters. The molecule has 0 aromatic heterocycles. The standard InChI is InChI=1S/C20H17ClF2N2O2/c21-16-6-11(2-4-17(16)23)14(8-19(26)18-9-24-20(27)25-18)15-5-10-1-3-12(22)7-13(10)15/h1-4,6-7,14-15,18H,5,8-9H2,(H2,24,25,27)/t14?,15?,18-/m0/s1. The Kier molecular flexibility index (Phi) is 4.60. The molecule has 1 saturated heterocycles. The van der Waals surface area contributed by atoms with Crippen molar-refractivity contribution >= 4 is 23.4 Å². The van der Waals surface area contributed by atoms with Gasteiger partial charge in [-0.2, -0.15) is 0 Å². The molecule has 0 saturated carbocycles. The highest BCUT2D eigenvalue weighted by Gasteiger charge is 2.37. The fraction of sp³-hybridized carbons (Fsp3) is 0.300. The smallest absolute Gasteiger partial charge is 0.315 e. The summed E-state index contributed by atoms with van der Waals surface area (Å²) in [5.41, 5.74) is 2.64. The molecule has 2 amide bonds. The van der Waals surface area contributed by atoms with Crippen LogP contribution in [0.3, 0.4) is 0 Å². The summed E-state index contributed by atoms with van der Waals surface area (Å²) in [6, 6.07) is 8.11. The van der Waals surface area contributed by atoms with Crippen molar-refractivity contribution in [2.24, 2.45) is 0 Å². The van der Waals surface area contributed by atoms with E-state index in [4.69, 9.17) is 11.6 Å². The summed E-state index contributed by atoms with van der Waals surface area (Å²) in [5, 5.41) is 5.14. The van der Waals surface area contributed by atoms with Crippen molar-refractivity contribution in [1.29, 1.82) is 0 Å². The monoisotopic (exact) mass is 390 g/mol. The molecule has 7 heteroatoms. The van der Waals surface area contributed by atoms with E-state index in [0.29, 0.717) is 6.42 Å². The van der Waals surface area contributed by atoms with Crippen LogP contribution in [0, 0.1) is 11.6 Å². The first-order valence-electron chi connectivity index (χ1n) is 8.72. The number of hydrogen-bond acceptors (Lipinski definition) is 2. The van der Waals surface area contributed by atoms with Crippen LogP contribution in [0.1, 0.15) is 34.9 Å². The molecule has 2 N–H and O–H groups in total. The minimum absolute atomic E-state index is 0.0143. The number of amides is 2. The number of urea groups is 1. The third-order valence-electron chi connectivity index (χ3n) is 5.39. The summed E-state index contributed by atoms with van der Waals surface area (Å²) in [5.74, 6) is -1.32. The highest BCUT2D eigenvalue weighted by atomic mass is 35.5. The van der Waals surface area contributed by atoms with Crippen molar-refractivity contribution < 1.29 is 18.4 Å².